The number of nitrogens with one attached hydrogen (secondary N) is 2. The number of hydrogen-bond acceptors (Lipinski definition) is 5. The molecule has 2 aromatic rings. The predicted molar refractivity (Wildman–Crippen MR) is 71.1 cm³/mol. The molecule has 3 N–H and O–H groups in total. The number of hydrogen-bond donors (Lipinski definition) is 3. The van der Waals surface area contributed by atoms with Gasteiger partial charge in [-0.3, -0.25) is 20.0 Å². The number of carbonyl (C=O) groups is 2. The van der Waals surface area contributed by atoms with Gasteiger partial charge in [0, 0.05) is 0 Å². The van der Waals surface area contributed by atoms with Gasteiger partial charge in [0.05, 0.1) is 18.1 Å². The second-order valence-corrected chi connectivity index (χ2v) is 5.59. The Morgan fingerprint density at radius 2 is 2.19 bits per heavy atom. The number of aromatic amines is 1. The monoisotopic (exact) mass is 290 g/mol. The Hall–Kier alpha value is -2.64. The molecule has 3 rings (SSSR count). The molecule has 0 spiro atoms. The Morgan fingerprint density at radius 1 is 1.43 bits per heavy atom. The predicted octanol–water partition coefficient (Wildman–Crippen LogP) is 1.36. The molecule has 0 unspecified atom stereocenters. The number of rotatable bonds is 4. The number of H-pyrrole nitrogens is 1. The number of carbonyl (C=O) groups excluding carboxylic acids is 1. The molecule has 0 radical (unpaired) electrons. The molecule has 2 aromatic heterocycles. The van der Waals surface area contributed by atoms with Gasteiger partial charge in [0.2, 0.25) is 11.9 Å². The Kier molecular flexibility index (Phi) is 2.82. The van der Waals surface area contributed by atoms with E-state index in [0.717, 1.165) is 0 Å². The number of aliphatic carboxylic acids is 1. The van der Waals surface area contributed by atoms with E-state index in [1.165, 1.54) is 6.26 Å². The summed E-state index contributed by atoms with van der Waals surface area (Å²) in [6.45, 7) is 3.50. The smallest absolute Gasteiger partial charge is 0.307 e. The quantitative estimate of drug-likeness (QED) is 0.781. The highest BCUT2D eigenvalue weighted by Gasteiger charge is 2.66. The van der Waals surface area contributed by atoms with E-state index in [4.69, 9.17) is 9.52 Å². The van der Waals surface area contributed by atoms with Crippen molar-refractivity contribution in [3.05, 3.63) is 18.4 Å². The Balaban J connectivity index is 1.71. The van der Waals surface area contributed by atoms with Crippen LogP contribution in [0, 0.1) is 17.3 Å². The van der Waals surface area contributed by atoms with Crippen LogP contribution in [0.2, 0.25) is 0 Å². The average molecular weight is 290 g/mol. The summed E-state index contributed by atoms with van der Waals surface area (Å²) in [4.78, 5) is 27.3. The highest BCUT2D eigenvalue weighted by atomic mass is 16.4. The molecule has 1 aliphatic carbocycles. The fourth-order valence-corrected chi connectivity index (χ4v) is 2.62. The van der Waals surface area contributed by atoms with Crippen LogP contribution in [0.1, 0.15) is 13.8 Å². The highest BCUT2D eigenvalue weighted by Crippen LogP contribution is 2.58. The van der Waals surface area contributed by atoms with E-state index in [9.17, 15) is 9.59 Å². The summed E-state index contributed by atoms with van der Waals surface area (Å²) in [5.41, 5.74) is -0.559. The van der Waals surface area contributed by atoms with Gasteiger partial charge in [0.25, 0.3) is 0 Å². The molecule has 110 valence electrons. The normalized spacial score (nSPS) is 22.8. The lowest BCUT2D eigenvalue weighted by Crippen LogP contribution is -2.18. The van der Waals surface area contributed by atoms with E-state index < -0.39 is 29.1 Å². The lowest BCUT2D eigenvalue weighted by molar-refractivity contribution is -0.140. The number of aromatic nitrogens is 3. The number of amides is 1. The molecule has 0 aromatic carbocycles. The van der Waals surface area contributed by atoms with E-state index in [0.29, 0.717) is 11.6 Å². The first-order valence-electron chi connectivity index (χ1n) is 6.41. The van der Waals surface area contributed by atoms with E-state index in [1.54, 1.807) is 26.0 Å². The van der Waals surface area contributed by atoms with Gasteiger partial charge in [-0.05, 0) is 17.5 Å². The van der Waals surface area contributed by atoms with Crippen molar-refractivity contribution in [2.24, 2.45) is 17.3 Å². The molecule has 1 amide bonds. The first kappa shape index (κ1) is 13.3. The fourth-order valence-electron chi connectivity index (χ4n) is 2.62. The maximum absolute atomic E-state index is 12.1. The Morgan fingerprint density at radius 3 is 2.76 bits per heavy atom. The lowest BCUT2D eigenvalue weighted by atomic mass is 10.1. The highest BCUT2D eigenvalue weighted by molar-refractivity contribution is 5.98. The maximum atomic E-state index is 12.1. The number of carboxylic acid groups (broad SMARTS) is 1. The number of carboxylic acids is 1. The Bertz CT molecular complexity index is 689. The van der Waals surface area contributed by atoms with Crippen molar-refractivity contribution >= 4 is 17.8 Å². The minimum Gasteiger partial charge on any atom is -0.481 e. The van der Waals surface area contributed by atoms with Gasteiger partial charge < -0.3 is 9.52 Å². The lowest BCUT2D eigenvalue weighted by Gasteiger charge is -2.01. The zero-order valence-electron chi connectivity index (χ0n) is 11.5. The number of anilines is 1. The summed E-state index contributed by atoms with van der Waals surface area (Å²) in [5, 5.41) is 18.1. The largest absolute Gasteiger partial charge is 0.481 e. The SMILES string of the molecule is CC1(C)[C@@H](C(=O)O)[C@@H]1C(=O)Nc1n[nH]c(-c2ccco2)n1. The van der Waals surface area contributed by atoms with Crippen LogP contribution in [-0.4, -0.2) is 32.2 Å². The second kappa shape index (κ2) is 4.44. The van der Waals surface area contributed by atoms with E-state index in [1.807, 2.05) is 0 Å². The van der Waals surface area contributed by atoms with E-state index in [-0.39, 0.29) is 5.95 Å². The summed E-state index contributed by atoms with van der Waals surface area (Å²) in [7, 11) is 0. The van der Waals surface area contributed by atoms with Gasteiger partial charge in [-0.25, -0.2) is 0 Å². The van der Waals surface area contributed by atoms with Crippen molar-refractivity contribution in [1.29, 1.82) is 0 Å². The van der Waals surface area contributed by atoms with Crippen LogP contribution in [0.4, 0.5) is 5.95 Å². The minimum atomic E-state index is -0.966. The van der Waals surface area contributed by atoms with Gasteiger partial charge >= 0.3 is 5.97 Å². The zero-order valence-corrected chi connectivity index (χ0v) is 11.5. The third-order valence-electron chi connectivity index (χ3n) is 3.85. The molecule has 2 atom stereocenters. The Labute approximate surface area is 119 Å². The first-order chi connectivity index (χ1) is 9.91. The van der Waals surface area contributed by atoms with Crippen LogP contribution < -0.4 is 5.32 Å². The molecule has 1 aliphatic rings. The first-order valence-corrected chi connectivity index (χ1v) is 6.41. The average Bonchev–Trinajstić information content (AvgIpc) is 2.85. The molecular weight excluding hydrogens is 276 g/mol. The van der Waals surface area contributed by atoms with Crippen LogP contribution in [0.3, 0.4) is 0 Å². The van der Waals surface area contributed by atoms with Crippen LogP contribution in [0.25, 0.3) is 11.6 Å². The molecule has 1 fully saturated rings. The van der Waals surface area contributed by atoms with E-state index >= 15 is 0 Å². The fraction of sp³-hybridized carbons (Fsp3) is 0.385. The third kappa shape index (κ3) is 2.18. The summed E-state index contributed by atoms with van der Waals surface area (Å²) < 4.78 is 5.16. The molecule has 8 nitrogen and oxygen atoms in total. The summed E-state index contributed by atoms with van der Waals surface area (Å²) in [5.74, 6) is -1.64. The zero-order chi connectivity index (χ0) is 15.2. The van der Waals surface area contributed by atoms with Crippen LogP contribution in [0.5, 0.6) is 0 Å². The van der Waals surface area contributed by atoms with Crippen molar-refractivity contribution in [3.63, 3.8) is 0 Å². The van der Waals surface area contributed by atoms with Gasteiger partial charge in [0.1, 0.15) is 0 Å². The molecular formula is C13H14N4O4. The minimum absolute atomic E-state index is 0.0956. The van der Waals surface area contributed by atoms with Crippen LogP contribution in [-0.2, 0) is 9.59 Å². The maximum Gasteiger partial charge on any atom is 0.307 e. The molecule has 0 saturated heterocycles. The van der Waals surface area contributed by atoms with Crippen molar-refractivity contribution in [2.75, 3.05) is 5.32 Å². The molecule has 0 aliphatic heterocycles. The summed E-state index contributed by atoms with van der Waals surface area (Å²) >= 11 is 0. The standard InChI is InChI=1S/C13H14N4O4/c1-13(2)7(8(13)11(19)20)10(18)15-12-14-9(16-17-12)6-4-3-5-21-6/h3-5,7-8H,1-2H3,(H,19,20)(H2,14,15,16,17,18)/t7-,8-/m1/s1. The summed E-state index contributed by atoms with van der Waals surface area (Å²) in [6, 6.07) is 3.41. The topological polar surface area (TPSA) is 121 Å². The van der Waals surface area contributed by atoms with Gasteiger partial charge in [-0.1, -0.05) is 13.8 Å². The summed E-state index contributed by atoms with van der Waals surface area (Å²) in [6.07, 6.45) is 1.50. The van der Waals surface area contributed by atoms with Gasteiger partial charge in [-0.2, -0.15) is 4.98 Å². The van der Waals surface area contributed by atoms with Crippen molar-refractivity contribution in [1.82, 2.24) is 15.2 Å². The van der Waals surface area contributed by atoms with Gasteiger partial charge in [0.15, 0.2) is 11.6 Å². The van der Waals surface area contributed by atoms with Crippen molar-refractivity contribution in [2.45, 2.75) is 13.8 Å². The molecule has 2 heterocycles. The molecule has 0 bridgehead atoms. The van der Waals surface area contributed by atoms with Crippen LogP contribution >= 0.6 is 0 Å². The number of furan rings is 1. The third-order valence-corrected chi connectivity index (χ3v) is 3.85. The van der Waals surface area contributed by atoms with E-state index in [2.05, 4.69) is 20.5 Å². The molecule has 21 heavy (non-hydrogen) atoms. The van der Waals surface area contributed by atoms with Crippen molar-refractivity contribution < 1.29 is 19.1 Å². The van der Waals surface area contributed by atoms with Crippen molar-refractivity contribution in [3.8, 4) is 11.6 Å². The molecule has 8 heteroatoms. The second-order valence-electron chi connectivity index (χ2n) is 5.59. The number of nitrogens with zero attached hydrogens (tertiary/aromatic N) is 2. The van der Waals surface area contributed by atoms with Crippen LogP contribution in [0.15, 0.2) is 22.8 Å². The van der Waals surface area contributed by atoms with Gasteiger partial charge in [-0.15, -0.1) is 5.10 Å². The molecule has 1 saturated carbocycles.